The van der Waals surface area contributed by atoms with E-state index in [0.717, 1.165) is 16.0 Å². The SMILES string of the molecule is N=C(N)Nc1nc(C(=O)Nc2nc3cc(F)ccc3s2)cs1.[NaH]. The second-order valence-corrected chi connectivity index (χ2v) is 6.05. The summed E-state index contributed by atoms with van der Waals surface area (Å²) in [5.41, 5.74) is 5.85. The number of nitrogens with two attached hydrogens (primary N) is 1. The van der Waals surface area contributed by atoms with E-state index in [1.54, 1.807) is 6.07 Å². The zero-order valence-electron chi connectivity index (χ0n) is 10.9. The van der Waals surface area contributed by atoms with Gasteiger partial charge in [-0.3, -0.25) is 15.5 Å². The van der Waals surface area contributed by atoms with Gasteiger partial charge in [-0.05, 0) is 12.1 Å². The van der Waals surface area contributed by atoms with Crippen molar-refractivity contribution in [2.75, 3.05) is 10.6 Å². The zero-order chi connectivity index (χ0) is 15.7. The van der Waals surface area contributed by atoms with Gasteiger partial charge in [-0.1, -0.05) is 11.3 Å². The number of aromatic nitrogens is 2. The van der Waals surface area contributed by atoms with Crippen LogP contribution < -0.4 is 16.4 Å². The number of hydrogen-bond acceptors (Lipinski definition) is 6. The molecule has 0 atom stereocenters. The van der Waals surface area contributed by atoms with Gasteiger partial charge >= 0.3 is 29.6 Å². The van der Waals surface area contributed by atoms with Crippen molar-refractivity contribution in [3.8, 4) is 0 Å². The molecule has 0 fully saturated rings. The molecule has 0 saturated heterocycles. The van der Waals surface area contributed by atoms with E-state index in [9.17, 15) is 9.18 Å². The van der Waals surface area contributed by atoms with Gasteiger partial charge in [0.1, 0.15) is 11.5 Å². The van der Waals surface area contributed by atoms with Crippen molar-refractivity contribution in [1.29, 1.82) is 5.41 Å². The normalized spacial score (nSPS) is 10.1. The number of nitrogens with zero attached hydrogens (tertiary/aromatic N) is 2. The van der Waals surface area contributed by atoms with Crippen molar-refractivity contribution >= 4 is 84.6 Å². The number of carbonyl (C=O) groups excluding carboxylic acids is 1. The average Bonchev–Trinajstić information content (AvgIpc) is 3.03. The van der Waals surface area contributed by atoms with Crippen LogP contribution in [0, 0.1) is 11.2 Å². The van der Waals surface area contributed by atoms with E-state index in [0.29, 0.717) is 15.8 Å². The maximum absolute atomic E-state index is 13.1. The van der Waals surface area contributed by atoms with Crippen LogP contribution in [0.15, 0.2) is 23.6 Å². The van der Waals surface area contributed by atoms with Crippen molar-refractivity contribution in [1.82, 2.24) is 9.97 Å². The first kappa shape index (κ1) is 17.8. The number of nitrogens with one attached hydrogen (secondary N) is 3. The third-order valence-corrected chi connectivity index (χ3v) is 4.26. The molecule has 0 aliphatic rings. The molecule has 0 radical (unpaired) electrons. The molecule has 0 aliphatic carbocycles. The predicted octanol–water partition coefficient (Wildman–Crippen LogP) is 1.80. The van der Waals surface area contributed by atoms with Gasteiger partial charge in [0.05, 0.1) is 10.2 Å². The number of carbonyl (C=O) groups is 1. The van der Waals surface area contributed by atoms with Crippen molar-refractivity contribution < 1.29 is 9.18 Å². The number of guanidine groups is 1. The molecule has 0 saturated carbocycles. The van der Waals surface area contributed by atoms with Crippen LogP contribution in [0.4, 0.5) is 14.7 Å². The van der Waals surface area contributed by atoms with Crippen molar-refractivity contribution in [3.05, 3.63) is 35.1 Å². The molecule has 23 heavy (non-hydrogen) atoms. The number of benzene rings is 1. The summed E-state index contributed by atoms with van der Waals surface area (Å²) in [6.07, 6.45) is 0. The molecule has 0 spiro atoms. The van der Waals surface area contributed by atoms with Gasteiger partial charge in [-0.15, -0.1) is 11.3 Å². The molecule has 3 aromatic rings. The molecular weight excluding hydrogens is 350 g/mol. The molecule has 7 nitrogen and oxygen atoms in total. The molecule has 1 amide bonds. The molecule has 11 heteroatoms. The minimum absolute atomic E-state index is 0. The van der Waals surface area contributed by atoms with E-state index < -0.39 is 5.91 Å². The fourth-order valence-corrected chi connectivity index (χ4v) is 3.21. The van der Waals surface area contributed by atoms with E-state index in [4.69, 9.17) is 11.1 Å². The van der Waals surface area contributed by atoms with E-state index >= 15 is 0 Å². The van der Waals surface area contributed by atoms with Gasteiger partial charge in [0, 0.05) is 11.4 Å². The van der Waals surface area contributed by atoms with E-state index in [1.165, 1.54) is 28.8 Å². The van der Waals surface area contributed by atoms with E-state index in [2.05, 4.69) is 20.6 Å². The van der Waals surface area contributed by atoms with Gasteiger partial charge in [0.15, 0.2) is 16.2 Å². The summed E-state index contributed by atoms with van der Waals surface area (Å²) in [6, 6.07) is 4.25. The third kappa shape index (κ3) is 4.24. The Bertz CT molecular complexity index is 879. The Morgan fingerprint density at radius 2 is 2.04 bits per heavy atom. The molecule has 1 aromatic carbocycles. The number of amides is 1. The number of anilines is 2. The third-order valence-electron chi connectivity index (χ3n) is 2.55. The Morgan fingerprint density at radius 1 is 1.26 bits per heavy atom. The minimum atomic E-state index is -0.438. The Kier molecular flexibility index (Phi) is 5.65. The second kappa shape index (κ2) is 7.32. The van der Waals surface area contributed by atoms with E-state index in [1.807, 2.05) is 0 Å². The fourth-order valence-electron chi connectivity index (χ4n) is 1.67. The van der Waals surface area contributed by atoms with Crippen molar-refractivity contribution in [2.45, 2.75) is 0 Å². The Hall–Kier alpha value is -1.59. The van der Waals surface area contributed by atoms with Gasteiger partial charge in [-0.2, -0.15) is 0 Å². The summed E-state index contributed by atoms with van der Waals surface area (Å²) in [5, 5.41) is 14.5. The van der Waals surface area contributed by atoms with Gasteiger partial charge in [-0.25, -0.2) is 14.4 Å². The quantitative estimate of drug-likeness (QED) is 0.323. The average molecular weight is 360 g/mol. The molecule has 3 rings (SSSR count). The first-order valence-corrected chi connectivity index (χ1v) is 7.65. The monoisotopic (exact) mass is 360 g/mol. The summed E-state index contributed by atoms with van der Waals surface area (Å²) >= 11 is 2.40. The summed E-state index contributed by atoms with van der Waals surface area (Å²) in [6.45, 7) is 0. The number of rotatable bonds is 3. The molecular formula is C12H10FN6NaOS2. The summed E-state index contributed by atoms with van der Waals surface area (Å²) < 4.78 is 13.9. The standard InChI is InChI=1S/C12H9FN6OS2.Na.H/c13-5-1-2-8-6(3-5)16-12(22-8)18-9(20)7-4-21-11(17-7)19-10(14)15;;/h1-4H,(H,16,18,20)(H4,14,15,17,19);;. The summed E-state index contributed by atoms with van der Waals surface area (Å²) in [4.78, 5) is 20.2. The van der Waals surface area contributed by atoms with Crippen LogP contribution in [0.5, 0.6) is 0 Å². The number of fused-ring (bicyclic) bond motifs is 1. The van der Waals surface area contributed by atoms with Crippen LogP contribution >= 0.6 is 22.7 Å². The molecule has 0 aliphatic heterocycles. The van der Waals surface area contributed by atoms with Crippen LogP contribution in [0.3, 0.4) is 0 Å². The molecule has 0 bridgehead atoms. The van der Waals surface area contributed by atoms with Crippen LogP contribution in [-0.4, -0.2) is 51.4 Å². The topological polar surface area (TPSA) is 117 Å². The number of halogens is 1. The fraction of sp³-hybridized carbons (Fsp3) is 0. The molecule has 0 unspecified atom stereocenters. The summed E-state index contributed by atoms with van der Waals surface area (Å²) in [7, 11) is 0. The predicted molar refractivity (Wildman–Crippen MR) is 92.3 cm³/mol. The van der Waals surface area contributed by atoms with Crippen LogP contribution in [-0.2, 0) is 0 Å². The molecule has 5 N–H and O–H groups in total. The Labute approximate surface area is 159 Å². The van der Waals surface area contributed by atoms with Crippen LogP contribution in [0.25, 0.3) is 10.2 Å². The van der Waals surface area contributed by atoms with Gasteiger partial charge in [0.2, 0.25) is 0 Å². The molecule has 114 valence electrons. The van der Waals surface area contributed by atoms with Gasteiger partial charge in [0.25, 0.3) is 5.91 Å². The second-order valence-electron chi connectivity index (χ2n) is 4.16. The van der Waals surface area contributed by atoms with Gasteiger partial charge < -0.3 is 11.1 Å². The Balaban J connectivity index is 0.00000192. The maximum atomic E-state index is 13.1. The summed E-state index contributed by atoms with van der Waals surface area (Å²) in [5.74, 6) is -1.07. The zero-order valence-corrected chi connectivity index (χ0v) is 12.5. The Morgan fingerprint density at radius 3 is 2.78 bits per heavy atom. The molecule has 2 heterocycles. The van der Waals surface area contributed by atoms with Crippen molar-refractivity contribution in [3.63, 3.8) is 0 Å². The van der Waals surface area contributed by atoms with Crippen molar-refractivity contribution in [2.24, 2.45) is 5.73 Å². The number of hydrogen-bond donors (Lipinski definition) is 4. The van der Waals surface area contributed by atoms with Crippen LogP contribution in [0.2, 0.25) is 0 Å². The van der Waals surface area contributed by atoms with Crippen LogP contribution in [0.1, 0.15) is 10.5 Å². The number of thiazole rings is 2. The van der Waals surface area contributed by atoms with E-state index in [-0.39, 0.29) is 47.0 Å². The first-order chi connectivity index (χ1) is 10.5. The first-order valence-electron chi connectivity index (χ1n) is 5.95. The molecule has 2 aromatic heterocycles.